The van der Waals surface area contributed by atoms with Crippen LogP contribution in [0.3, 0.4) is 0 Å². The standard InChI is InChI=1S/C19H30N2/c1-16(18-10-9-17-7-5-8-19(17)15-18)20-11-6-14-21-12-3-2-4-13-21/h9-10,15-16,20H,2-8,11-14H2,1H3. The molecule has 3 rings (SSSR count). The highest BCUT2D eigenvalue weighted by molar-refractivity contribution is 5.36. The number of aryl methyl sites for hydroxylation is 2. The second kappa shape index (κ2) is 7.42. The first-order valence-corrected chi connectivity index (χ1v) is 8.90. The molecule has 1 atom stereocenters. The number of nitrogens with zero attached hydrogens (tertiary/aromatic N) is 1. The van der Waals surface area contributed by atoms with E-state index < -0.39 is 0 Å². The molecule has 0 bridgehead atoms. The maximum absolute atomic E-state index is 3.70. The number of rotatable bonds is 6. The number of benzene rings is 1. The summed E-state index contributed by atoms with van der Waals surface area (Å²) in [5, 5.41) is 3.70. The summed E-state index contributed by atoms with van der Waals surface area (Å²) in [6.07, 6.45) is 9.42. The Balaban J connectivity index is 1.40. The molecule has 2 nitrogen and oxygen atoms in total. The Kier molecular flexibility index (Phi) is 5.32. The molecule has 1 fully saturated rings. The van der Waals surface area contributed by atoms with Crippen molar-refractivity contribution < 1.29 is 0 Å². The Bertz CT molecular complexity index is 449. The van der Waals surface area contributed by atoms with E-state index in [1.165, 1.54) is 70.1 Å². The van der Waals surface area contributed by atoms with Crippen molar-refractivity contribution in [1.29, 1.82) is 0 Å². The molecule has 0 radical (unpaired) electrons. The van der Waals surface area contributed by atoms with Crippen LogP contribution in [-0.2, 0) is 12.8 Å². The molecule has 0 saturated carbocycles. The lowest BCUT2D eigenvalue weighted by Gasteiger charge is -2.26. The molecular formula is C19H30N2. The maximum Gasteiger partial charge on any atom is 0.0291 e. The quantitative estimate of drug-likeness (QED) is 0.802. The van der Waals surface area contributed by atoms with E-state index in [9.17, 15) is 0 Å². The number of likely N-dealkylation sites (tertiary alicyclic amines) is 1. The molecule has 0 amide bonds. The summed E-state index contributed by atoms with van der Waals surface area (Å²) in [5.74, 6) is 0. The summed E-state index contributed by atoms with van der Waals surface area (Å²) >= 11 is 0. The van der Waals surface area contributed by atoms with Gasteiger partial charge in [-0.05, 0) is 88.3 Å². The van der Waals surface area contributed by atoms with Crippen molar-refractivity contribution in [1.82, 2.24) is 10.2 Å². The molecule has 1 heterocycles. The van der Waals surface area contributed by atoms with Crippen LogP contribution < -0.4 is 5.32 Å². The van der Waals surface area contributed by atoms with Gasteiger partial charge in [0.05, 0.1) is 0 Å². The highest BCUT2D eigenvalue weighted by Gasteiger charge is 2.13. The van der Waals surface area contributed by atoms with Gasteiger partial charge in [-0.1, -0.05) is 24.6 Å². The van der Waals surface area contributed by atoms with Crippen LogP contribution in [0.4, 0.5) is 0 Å². The minimum Gasteiger partial charge on any atom is -0.310 e. The van der Waals surface area contributed by atoms with E-state index in [1.54, 1.807) is 11.1 Å². The van der Waals surface area contributed by atoms with Crippen LogP contribution in [0.15, 0.2) is 18.2 Å². The first kappa shape index (κ1) is 15.1. The molecule has 0 aromatic heterocycles. The smallest absolute Gasteiger partial charge is 0.0291 e. The fourth-order valence-electron chi connectivity index (χ4n) is 3.78. The fourth-order valence-corrected chi connectivity index (χ4v) is 3.78. The summed E-state index contributed by atoms with van der Waals surface area (Å²) in [5.41, 5.74) is 4.64. The molecule has 1 saturated heterocycles. The van der Waals surface area contributed by atoms with E-state index in [0.29, 0.717) is 6.04 Å². The molecule has 0 spiro atoms. The number of hydrogen-bond acceptors (Lipinski definition) is 2. The zero-order chi connectivity index (χ0) is 14.5. The van der Waals surface area contributed by atoms with Crippen molar-refractivity contribution in [3.63, 3.8) is 0 Å². The van der Waals surface area contributed by atoms with E-state index in [1.807, 2.05) is 0 Å². The first-order chi connectivity index (χ1) is 10.3. The van der Waals surface area contributed by atoms with Gasteiger partial charge >= 0.3 is 0 Å². The number of fused-ring (bicyclic) bond motifs is 1. The van der Waals surface area contributed by atoms with E-state index in [4.69, 9.17) is 0 Å². The Morgan fingerprint density at radius 2 is 1.86 bits per heavy atom. The summed E-state index contributed by atoms with van der Waals surface area (Å²) in [6, 6.07) is 7.60. The predicted octanol–water partition coefficient (Wildman–Crippen LogP) is 3.70. The van der Waals surface area contributed by atoms with Crippen LogP contribution in [0.2, 0.25) is 0 Å². The van der Waals surface area contributed by atoms with Gasteiger partial charge in [0.1, 0.15) is 0 Å². The van der Waals surface area contributed by atoms with E-state index in [-0.39, 0.29) is 0 Å². The number of hydrogen-bond donors (Lipinski definition) is 1. The van der Waals surface area contributed by atoms with Crippen molar-refractivity contribution >= 4 is 0 Å². The largest absolute Gasteiger partial charge is 0.310 e. The average Bonchev–Trinajstić information content (AvgIpc) is 3.00. The van der Waals surface area contributed by atoms with Crippen molar-refractivity contribution in [2.75, 3.05) is 26.2 Å². The van der Waals surface area contributed by atoms with Crippen LogP contribution in [0.25, 0.3) is 0 Å². The topological polar surface area (TPSA) is 15.3 Å². The minimum atomic E-state index is 0.484. The van der Waals surface area contributed by atoms with Crippen molar-refractivity contribution in [3.8, 4) is 0 Å². The van der Waals surface area contributed by atoms with Gasteiger partial charge < -0.3 is 10.2 Å². The molecule has 1 unspecified atom stereocenters. The molecule has 1 aliphatic carbocycles. The van der Waals surface area contributed by atoms with E-state index in [0.717, 1.165) is 6.54 Å². The molecule has 2 heteroatoms. The highest BCUT2D eigenvalue weighted by Crippen LogP contribution is 2.25. The SMILES string of the molecule is CC(NCCCN1CCCCC1)c1ccc2c(c1)CCC2. The monoisotopic (exact) mass is 286 g/mol. The zero-order valence-electron chi connectivity index (χ0n) is 13.5. The third-order valence-corrected chi connectivity index (χ3v) is 5.17. The van der Waals surface area contributed by atoms with Gasteiger partial charge in [0.15, 0.2) is 0 Å². The van der Waals surface area contributed by atoms with Crippen LogP contribution >= 0.6 is 0 Å². The number of nitrogens with one attached hydrogen (secondary N) is 1. The Hall–Kier alpha value is -0.860. The predicted molar refractivity (Wildman–Crippen MR) is 89.8 cm³/mol. The summed E-state index contributed by atoms with van der Waals surface area (Å²) < 4.78 is 0. The molecule has 2 aliphatic rings. The molecule has 1 N–H and O–H groups in total. The molecule has 1 aliphatic heterocycles. The van der Waals surface area contributed by atoms with Gasteiger partial charge in [-0.2, -0.15) is 0 Å². The molecule has 1 aromatic carbocycles. The second-order valence-electron chi connectivity index (χ2n) is 6.81. The third kappa shape index (κ3) is 4.08. The highest BCUT2D eigenvalue weighted by atomic mass is 15.1. The third-order valence-electron chi connectivity index (χ3n) is 5.17. The van der Waals surface area contributed by atoms with Gasteiger partial charge in [-0.15, -0.1) is 0 Å². The van der Waals surface area contributed by atoms with Crippen LogP contribution in [-0.4, -0.2) is 31.1 Å². The van der Waals surface area contributed by atoms with Gasteiger partial charge in [-0.25, -0.2) is 0 Å². The van der Waals surface area contributed by atoms with Crippen LogP contribution in [0.5, 0.6) is 0 Å². The Labute approximate surface area is 129 Å². The molecular weight excluding hydrogens is 256 g/mol. The number of piperidine rings is 1. The molecule has 116 valence electrons. The summed E-state index contributed by atoms with van der Waals surface area (Å²) in [6.45, 7) is 7.34. The summed E-state index contributed by atoms with van der Waals surface area (Å²) in [7, 11) is 0. The van der Waals surface area contributed by atoms with E-state index in [2.05, 4.69) is 35.3 Å². The molecule has 1 aromatic rings. The van der Waals surface area contributed by atoms with E-state index >= 15 is 0 Å². The minimum absolute atomic E-state index is 0.484. The molecule has 21 heavy (non-hydrogen) atoms. The Morgan fingerprint density at radius 3 is 2.71 bits per heavy atom. The van der Waals surface area contributed by atoms with Gasteiger partial charge in [0, 0.05) is 6.04 Å². The van der Waals surface area contributed by atoms with Gasteiger partial charge in [0.25, 0.3) is 0 Å². The van der Waals surface area contributed by atoms with Crippen LogP contribution in [0.1, 0.15) is 61.8 Å². The maximum atomic E-state index is 3.70. The lowest BCUT2D eigenvalue weighted by Crippen LogP contribution is -2.32. The van der Waals surface area contributed by atoms with Crippen molar-refractivity contribution in [2.45, 2.75) is 57.9 Å². The van der Waals surface area contributed by atoms with Crippen LogP contribution in [0, 0.1) is 0 Å². The van der Waals surface area contributed by atoms with Crippen molar-refractivity contribution in [2.24, 2.45) is 0 Å². The zero-order valence-corrected chi connectivity index (χ0v) is 13.5. The van der Waals surface area contributed by atoms with Gasteiger partial charge in [-0.3, -0.25) is 0 Å². The van der Waals surface area contributed by atoms with Crippen molar-refractivity contribution in [3.05, 3.63) is 34.9 Å². The Morgan fingerprint density at radius 1 is 1.05 bits per heavy atom. The lowest BCUT2D eigenvalue weighted by molar-refractivity contribution is 0.225. The van der Waals surface area contributed by atoms with Gasteiger partial charge in [0.2, 0.25) is 0 Å². The fraction of sp³-hybridized carbons (Fsp3) is 0.684. The second-order valence-corrected chi connectivity index (χ2v) is 6.81. The first-order valence-electron chi connectivity index (χ1n) is 8.90. The normalized spacial score (nSPS) is 20.4. The summed E-state index contributed by atoms with van der Waals surface area (Å²) in [4.78, 5) is 2.63. The average molecular weight is 286 g/mol. The lowest BCUT2D eigenvalue weighted by atomic mass is 10.0.